The first-order valence-corrected chi connectivity index (χ1v) is 9.76. The molecule has 28 heavy (non-hydrogen) atoms. The summed E-state index contributed by atoms with van der Waals surface area (Å²) in [5.41, 5.74) is 2.50. The third-order valence-electron chi connectivity index (χ3n) is 5.03. The molecule has 0 spiro atoms. The summed E-state index contributed by atoms with van der Waals surface area (Å²) in [6, 6.07) is 12.3. The van der Waals surface area contributed by atoms with Crippen LogP contribution in [-0.2, 0) is 13.1 Å². The first-order chi connectivity index (χ1) is 13.6. The Labute approximate surface area is 168 Å². The summed E-state index contributed by atoms with van der Waals surface area (Å²) >= 11 is 6.59. The van der Waals surface area contributed by atoms with Crippen LogP contribution in [0.25, 0.3) is 5.69 Å². The number of hydrogen-bond donors (Lipinski definition) is 0. The number of nitrogens with zero attached hydrogens (tertiary/aromatic N) is 5. The molecule has 0 saturated heterocycles. The molecule has 2 aromatic carbocycles. The van der Waals surface area contributed by atoms with Crippen molar-refractivity contribution < 1.29 is 4.39 Å². The van der Waals surface area contributed by atoms with E-state index in [9.17, 15) is 4.39 Å². The summed E-state index contributed by atoms with van der Waals surface area (Å²) in [7, 11) is 0. The minimum Gasteiger partial charge on any atom is -0.296 e. The number of fused-ring (bicyclic) bond motifs is 3. The van der Waals surface area contributed by atoms with Crippen LogP contribution in [0.5, 0.6) is 0 Å². The van der Waals surface area contributed by atoms with E-state index in [-0.39, 0.29) is 5.82 Å². The first-order valence-electron chi connectivity index (χ1n) is 9.38. The molecule has 0 atom stereocenters. The van der Waals surface area contributed by atoms with Gasteiger partial charge in [0.2, 0.25) is 0 Å². The van der Waals surface area contributed by atoms with E-state index < -0.39 is 0 Å². The van der Waals surface area contributed by atoms with Gasteiger partial charge in [0.25, 0.3) is 0 Å². The van der Waals surface area contributed by atoms with Gasteiger partial charge in [0.1, 0.15) is 12.4 Å². The molecule has 0 bridgehead atoms. The number of rotatable bonds is 5. The zero-order valence-corrected chi connectivity index (χ0v) is 16.6. The lowest BCUT2D eigenvalue weighted by molar-refractivity contribution is 0.286. The minimum atomic E-state index is -0.326. The molecule has 7 heteroatoms. The number of benzene rings is 2. The molecule has 0 unspecified atom stereocenters. The van der Waals surface area contributed by atoms with Gasteiger partial charge in [0, 0.05) is 11.1 Å². The minimum absolute atomic E-state index is 0.305. The van der Waals surface area contributed by atoms with Gasteiger partial charge >= 0.3 is 0 Å². The van der Waals surface area contributed by atoms with Gasteiger partial charge in [-0.25, -0.2) is 4.39 Å². The van der Waals surface area contributed by atoms with Crippen LogP contribution in [0, 0.1) is 5.82 Å². The Morgan fingerprint density at radius 3 is 2.61 bits per heavy atom. The van der Waals surface area contributed by atoms with Crippen LogP contribution in [0.4, 0.5) is 4.39 Å². The number of aliphatic imine (C=N–C) groups is 1. The van der Waals surface area contributed by atoms with Crippen molar-refractivity contribution >= 4 is 17.3 Å². The van der Waals surface area contributed by atoms with Crippen LogP contribution < -0.4 is 0 Å². The Morgan fingerprint density at radius 1 is 1.07 bits per heavy atom. The second kappa shape index (κ2) is 7.81. The van der Waals surface area contributed by atoms with Crippen molar-refractivity contribution in [3.8, 4) is 5.69 Å². The van der Waals surface area contributed by atoms with Gasteiger partial charge in [-0.2, -0.15) is 0 Å². The van der Waals surface area contributed by atoms with Gasteiger partial charge < -0.3 is 0 Å². The molecule has 1 aromatic heterocycles. The molecule has 0 radical (unpaired) electrons. The third-order valence-corrected chi connectivity index (χ3v) is 5.35. The summed E-state index contributed by atoms with van der Waals surface area (Å²) in [4.78, 5) is 6.95. The van der Waals surface area contributed by atoms with E-state index >= 15 is 0 Å². The lowest BCUT2D eigenvalue weighted by Crippen LogP contribution is -2.24. The molecule has 0 saturated carbocycles. The molecule has 3 aromatic rings. The molecule has 1 aliphatic rings. The Hall–Kier alpha value is -2.57. The molecule has 5 nitrogen and oxygen atoms in total. The topological polar surface area (TPSA) is 46.3 Å². The summed E-state index contributed by atoms with van der Waals surface area (Å²) in [6.07, 6.45) is 0. The maximum Gasteiger partial charge on any atom is 0.159 e. The third kappa shape index (κ3) is 3.23. The second-order valence-electron chi connectivity index (χ2n) is 6.61. The number of hydrogen-bond acceptors (Lipinski definition) is 4. The highest BCUT2D eigenvalue weighted by Gasteiger charge is 2.26. The van der Waals surface area contributed by atoms with Gasteiger partial charge in [0.15, 0.2) is 11.6 Å². The predicted molar refractivity (Wildman–Crippen MR) is 109 cm³/mol. The molecule has 2 heterocycles. The SMILES string of the molecule is CCN(CC)Cc1nnc2n1-c1cccc(Cl)c1C(c1ccccc1F)=NC2. The fourth-order valence-corrected chi connectivity index (χ4v) is 3.78. The molecule has 144 valence electrons. The van der Waals surface area contributed by atoms with E-state index in [2.05, 4.69) is 33.9 Å². The average Bonchev–Trinajstić information content (AvgIpc) is 3.02. The average molecular weight is 398 g/mol. The molecule has 0 amide bonds. The van der Waals surface area contributed by atoms with Crippen molar-refractivity contribution in [3.05, 3.63) is 76.1 Å². The standard InChI is InChI=1S/C21H21ClFN5/c1-3-27(4-2)13-19-26-25-18-12-24-21(14-8-5-6-10-16(14)23)20-15(22)9-7-11-17(20)28(18)19/h5-11H,3-4,12-13H2,1-2H3. The second-order valence-corrected chi connectivity index (χ2v) is 7.02. The Bertz CT molecular complexity index is 1040. The molecule has 0 aliphatic carbocycles. The lowest BCUT2D eigenvalue weighted by Gasteiger charge is -2.19. The van der Waals surface area contributed by atoms with Crippen molar-refractivity contribution in [2.24, 2.45) is 4.99 Å². The fraction of sp³-hybridized carbons (Fsp3) is 0.286. The summed E-state index contributed by atoms with van der Waals surface area (Å²) in [6.45, 7) is 7.04. The Kier molecular flexibility index (Phi) is 5.24. The largest absolute Gasteiger partial charge is 0.296 e. The maximum absolute atomic E-state index is 14.6. The highest BCUT2D eigenvalue weighted by molar-refractivity contribution is 6.36. The molecular formula is C21H21ClFN5. The van der Waals surface area contributed by atoms with Crippen molar-refractivity contribution in [2.45, 2.75) is 26.9 Å². The van der Waals surface area contributed by atoms with E-state index in [4.69, 9.17) is 11.6 Å². The van der Waals surface area contributed by atoms with Gasteiger partial charge in [-0.05, 0) is 37.4 Å². The lowest BCUT2D eigenvalue weighted by atomic mass is 10.00. The molecule has 4 rings (SSSR count). The summed E-state index contributed by atoms with van der Waals surface area (Å²) in [5, 5.41) is 9.29. The van der Waals surface area contributed by atoms with E-state index in [0.29, 0.717) is 35.0 Å². The summed E-state index contributed by atoms with van der Waals surface area (Å²) < 4.78 is 16.6. The Morgan fingerprint density at radius 2 is 1.86 bits per heavy atom. The van der Waals surface area contributed by atoms with E-state index in [0.717, 1.165) is 30.4 Å². The van der Waals surface area contributed by atoms with Gasteiger partial charge in [-0.1, -0.05) is 43.6 Å². The maximum atomic E-state index is 14.6. The highest BCUT2D eigenvalue weighted by Crippen LogP contribution is 2.31. The van der Waals surface area contributed by atoms with Crippen LogP contribution in [0.15, 0.2) is 47.5 Å². The fourth-order valence-electron chi connectivity index (χ4n) is 3.52. The van der Waals surface area contributed by atoms with Crippen LogP contribution in [-0.4, -0.2) is 38.5 Å². The van der Waals surface area contributed by atoms with Gasteiger partial charge in [-0.3, -0.25) is 14.5 Å². The zero-order valence-electron chi connectivity index (χ0n) is 15.9. The van der Waals surface area contributed by atoms with Crippen molar-refractivity contribution in [3.63, 3.8) is 0 Å². The molecular weight excluding hydrogens is 377 g/mol. The highest BCUT2D eigenvalue weighted by atomic mass is 35.5. The monoisotopic (exact) mass is 397 g/mol. The van der Waals surface area contributed by atoms with Crippen LogP contribution >= 0.6 is 11.6 Å². The molecule has 1 aliphatic heterocycles. The molecule has 0 N–H and O–H groups in total. The van der Waals surface area contributed by atoms with Gasteiger partial charge in [-0.15, -0.1) is 10.2 Å². The van der Waals surface area contributed by atoms with Crippen molar-refractivity contribution in [2.75, 3.05) is 13.1 Å². The zero-order chi connectivity index (χ0) is 19.7. The van der Waals surface area contributed by atoms with Crippen LogP contribution in [0.3, 0.4) is 0 Å². The normalized spacial score (nSPS) is 13.1. The van der Waals surface area contributed by atoms with Crippen molar-refractivity contribution in [1.82, 2.24) is 19.7 Å². The van der Waals surface area contributed by atoms with E-state index in [1.54, 1.807) is 24.3 Å². The van der Waals surface area contributed by atoms with E-state index in [1.807, 2.05) is 16.7 Å². The van der Waals surface area contributed by atoms with Crippen LogP contribution in [0.2, 0.25) is 5.02 Å². The molecule has 0 fully saturated rings. The summed E-state index contributed by atoms with van der Waals surface area (Å²) in [5.74, 6) is 1.22. The Balaban J connectivity index is 1.91. The number of halogens is 2. The first kappa shape index (κ1) is 18.8. The van der Waals surface area contributed by atoms with Gasteiger partial charge in [0.05, 0.1) is 23.0 Å². The van der Waals surface area contributed by atoms with Crippen molar-refractivity contribution in [1.29, 1.82) is 0 Å². The quantitative estimate of drug-likeness (QED) is 0.646. The number of aromatic nitrogens is 3. The predicted octanol–water partition coefficient (Wildman–Crippen LogP) is 4.25. The van der Waals surface area contributed by atoms with Crippen LogP contribution in [0.1, 0.15) is 36.6 Å². The smallest absolute Gasteiger partial charge is 0.159 e. The van der Waals surface area contributed by atoms with E-state index in [1.165, 1.54) is 6.07 Å².